The third-order valence-corrected chi connectivity index (χ3v) is 8.83. The number of carbonyl (C=O) groups is 2. The fourth-order valence-electron chi connectivity index (χ4n) is 5.85. The van der Waals surface area contributed by atoms with Crippen LogP contribution < -0.4 is 14.4 Å². The highest BCUT2D eigenvalue weighted by Crippen LogP contribution is 2.45. The van der Waals surface area contributed by atoms with Crippen LogP contribution in [0.3, 0.4) is 0 Å². The Morgan fingerprint density at radius 1 is 1.12 bits per heavy atom. The molecule has 0 aliphatic carbocycles. The van der Waals surface area contributed by atoms with Crippen LogP contribution in [0.2, 0.25) is 0 Å². The quantitative estimate of drug-likeness (QED) is 0.101. The van der Waals surface area contributed by atoms with Crippen molar-refractivity contribution in [3.8, 4) is 11.5 Å². The number of aromatic nitrogens is 1. The second kappa shape index (κ2) is 11.2. The molecule has 0 spiro atoms. The lowest BCUT2D eigenvalue weighted by atomic mass is 9.94. The van der Waals surface area contributed by atoms with Crippen molar-refractivity contribution in [2.24, 2.45) is 0 Å². The summed E-state index contributed by atoms with van der Waals surface area (Å²) in [6.07, 6.45) is 3.84. The number of rotatable bonds is 8. The molecule has 2 aliphatic rings. The van der Waals surface area contributed by atoms with E-state index >= 15 is 0 Å². The minimum Gasteiger partial charge on any atom is -0.507 e. The Hall–Kier alpha value is -4.17. The van der Waals surface area contributed by atoms with Crippen LogP contribution in [-0.2, 0) is 16.0 Å². The van der Waals surface area contributed by atoms with Crippen molar-refractivity contribution < 1.29 is 24.2 Å². The Balaban J connectivity index is 1.49. The number of benzene rings is 3. The monoisotopic (exact) mass is 582 g/mol. The molecule has 0 radical (unpaired) electrons. The van der Waals surface area contributed by atoms with E-state index < -0.39 is 17.7 Å². The first-order chi connectivity index (χ1) is 20.2. The molecule has 2 aliphatic heterocycles. The van der Waals surface area contributed by atoms with Gasteiger partial charge in [-0.25, -0.2) is 4.98 Å². The summed E-state index contributed by atoms with van der Waals surface area (Å²) < 4.78 is 12.8. The molecule has 1 aromatic heterocycles. The van der Waals surface area contributed by atoms with Crippen LogP contribution in [-0.4, -0.2) is 34.5 Å². The first-order valence-electron chi connectivity index (χ1n) is 14.5. The molecule has 8 heteroatoms. The number of anilines is 1. The van der Waals surface area contributed by atoms with Gasteiger partial charge in [0.05, 0.1) is 28.4 Å². The molecule has 42 heavy (non-hydrogen) atoms. The predicted octanol–water partition coefficient (Wildman–Crippen LogP) is 7.43. The number of hydrogen-bond donors (Lipinski definition) is 1. The van der Waals surface area contributed by atoms with Crippen molar-refractivity contribution in [2.75, 3.05) is 11.5 Å². The van der Waals surface area contributed by atoms with Gasteiger partial charge < -0.3 is 14.6 Å². The number of thiazole rings is 1. The Labute approximate surface area is 249 Å². The first-order valence-corrected chi connectivity index (χ1v) is 15.3. The standard InChI is InChI=1S/C34H34N2O5S/c1-5-6-7-13-40-25-10-8-9-22(18-25)30-28(31(37)23-11-12-26-24(17-23)16-21(4)41-26)32(38)33(39)36(30)34-35-29-20(3)14-19(2)15-27(29)42-34/h8-12,14-15,17-18,21,30,37H,5-7,13,16H2,1-4H3/t21-,30+/m1/s1. The van der Waals surface area contributed by atoms with Crippen LogP contribution in [0.4, 0.5) is 5.13 Å². The highest BCUT2D eigenvalue weighted by Gasteiger charge is 2.48. The average Bonchev–Trinajstić information content (AvgIpc) is 3.63. The van der Waals surface area contributed by atoms with E-state index in [4.69, 9.17) is 14.5 Å². The molecule has 7 nitrogen and oxygen atoms in total. The molecule has 4 aromatic rings. The lowest BCUT2D eigenvalue weighted by Gasteiger charge is -2.23. The molecule has 2 atom stereocenters. The smallest absolute Gasteiger partial charge is 0.301 e. The number of ketones is 1. The topological polar surface area (TPSA) is 89.0 Å². The van der Waals surface area contributed by atoms with E-state index in [1.165, 1.54) is 16.2 Å². The van der Waals surface area contributed by atoms with E-state index in [-0.39, 0.29) is 17.4 Å². The lowest BCUT2D eigenvalue weighted by molar-refractivity contribution is -0.132. The molecular weight excluding hydrogens is 548 g/mol. The van der Waals surface area contributed by atoms with Gasteiger partial charge in [0.1, 0.15) is 23.4 Å². The summed E-state index contributed by atoms with van der Waals surface area (Å²) in [6, 6.07) is 16.0. The van der Waals surface area contributed by atoms with Crippen molar-refractivity contribution in [2.45, 2.75) is 65.5 Å². The Morgan fingerprint density at radius 3 is 2.76 bits per heavy atom. The summed E-state index contributed by atoms with van der Waals surface area (Å²) >= 11 is 1.37. The zero-order chi connectivity index (χ0) is 29.5. The normalized spacial score (nSPS) is 19.4. The van der Waals surface area contributed by atoms with Gasteiger partial charge >= 0.3 is 5.91 Å². The predicted molar refractivity (Wildman–Crippen MR) is 166 cm³/mol. The maximum Gasteiger partial charge on any atom is 0.301 e. The van der Waals surface area contributed by atoms with E-state index in [9.17, 15) is 14.7 Å². The Bertz CT molecular complexity index is 1740. The highest BCUT2D eigenvalue weighted by atomic mass is 32.1. The molecule has 1 fully saturated rings. The van der Waals surface area contributed by atoms with E-state index in [0.717, 1.165) is 51.9 Å². The van der Waals surface area contributed by atoms with E-state index in [2.05, 4.69) is 13.0 Å². The summed E-state index contributed by atoms with van der Waals surface area (Å²) in [7, 11) is 0. The fraction of sp³-hybridized carbons (Fsp3) is 0.324. The number of carbonyl (C=O) groups excluding carboxylic acids is 2. The largest absolute Gasteiger partial charge is 0.507 e. The number of aliphatic hydroxyl groups excluding tert-OH is 1. The zero-order valence-electron chi connectivity index (χ0n) is 24.3. The van der Waals surface area contributed by atoms with Crippen LogP contribution in [0.15, 0.2) is 60.2 Å². The van der Waals surface area contributed by atoms with Crippen LogP contribution in [0.25, 0.3) is 16.0 Å². The maximum atomic E-state index is 13.8. The Morgan fingerprint density at radius 2 is 1.95 bits per heavy atom. The molecule has 1 amide bonds. The molecule has 3 heterocycles. The van der Waals surface area contributed by atoms with Crippen molar-refractivity contribution in [1.82, 2.24) is 4.98 Å². The van der Waals surface area contributed by atoms with Crippen molar-refractivity contribution in [3.05, 3.63) is 88.0 Å². The van der Waals surface area contributed by atoms with Gasteiger partial charge in [-0.15, -0.1) is 0 Å². The van der Waals surface area contributed by atoms with Gasteiger partial charge in [-0.05, 0) is 85.8 Å². The van der Waals surface area contributed by atoms with Crippen molar-refractivity contribution in [1.29, 1.82) is 0 Å². The SMILES string of the molecule is CCCCCOc1cccc([C@H]2C(=C(O)c3ccc4c(c3)C[C@@H](C)O4)C(=O)C(=O)N2c2nc3c(C)cc(C)cc3s2)c1. The number of hydrogen-bond acceptors (Lipinski definition) is 7. The average molecular weight is 583 g/mol. The van der Waals surface area contributed by atoms with E-state index in [0.29, 0.717) is 35.0 Å². The number of Topliss-reactive ketones (excluding diaryl/α,β-unsaturated/α-hetero) is 1. The zero-order valence-corrected chi connectivity index (χ0v) is 25.1. The lowest BCUT2D eigenvalue weighted by Crippen LogP contribution is -2.29. The highest BCUT2D eigenvalue weighted by molar-refractivity contribution is 7.22. The summed E-state index contributed by atoms with van der Waals surface area (Å²) in [5.41, 5.74) is 5.00. The van der Waals surface area contributed by atoms with Gasteiger partial charge in [0.15, 0.2) is 5.13 Å². The molecular formula is C34H34N2O5S. The summed E-state index contributed by atoms with van der Waals surface area (Å²) in [5, 5.41) is 12.1. The van der Waals surface area contributed by atoms with Gasteiger partial charge in [-0.3, -0.25) is 14.5 Å². The van der Waals surface area contributed by atoms with E-state index in [1.54, 1.807) is 6.07 Å². The summed E-state index contributed by atoms with van der Waals surface area (Å²) in [6.45, 7) is 8.71. The minimum atomic E-state index is -0.880. The van der Waals surface area contributed by atoms with Crippen molar-refractivity contribution >= 4 is 44.1 Å². The number of amides is 1. The number of nitrogens with zero attached hydrogens (tertiary/aromatic N) is 2. The molecule has 1 saturated heterocycles. The molecule has 0 unspecified atom stereocenters. The molecule has 0 bridgehead atoms. The molecule has 3 aromatic carbocycles. The summed E-state index contributed by atoms with van der Waals surface area (Å²) in [5.74, 6) is -0.269. The second-order valence-electron chi connectivity index (χ2n) is 11.2. The number of aryl methyl sites for hydroxylation is 2. The number of unbranched alkanes of at least 4 members (excludes halogenated alkanes) is 2. The number of aliphatic hydroxyl groups is 1. The molecule has 216 valence electrons. The summed E-state index contributed by atoms with van der Waals surface area (Å²) in [4.78, 5) is 33.8. The third-order valence-electron chi connectivity index (χ3n) is 7.83. The van der Waals surface area contributed by atoms with Gasteiger partial charge in [0.25, 0.3) is 5.78 Å². The third kappa shape index (κ3) is 5.04. The minimum absolute atomic E-state index is 0.0298. The van der Waals surface area contributed by atoms with Gasteiger partial charge in [0.2, 0.25) is 0 Å². The molecule has 1 N–H and O–H groups in total. The number of ether oxygens (including phenoxy) is 2. The molecule has 0 saturated carbocycles. The van der Waals surface area contributed by atoms with Gasteiger partial charge in [0, 0.05) is 12.0 Å². The van der Waals surface area contributed by atoms with Crippen molar-refractivity contribution in [3.63, 3.8) is 0 Å². The second-order valence-corrected chi connectivity index (χ2v) is 12.2. The van der Waals surface area contributed by atoms with Gasteiger partial charge in [-0.1, -0.05) is 49.3 Å². The maximum absolute atomic E-state index is 13.8. The number of fused-ring (bicyclic) bond motifs is 2. The van der Waals surface area contributed by atoms with Crippen LogP contribution in [0.5, 0.6) is 11.5 Å². The van der Waals surface area contributed by atoms with Gasteiger partial charge in [-0.2, -0.15) is 0 Å². The van der Waals surface area contributed by atoms with Crippen LogP contribution >= 0.6 is 11.3 Å². The first kappa shape index (κ1) is 28.0. The van der Waals surface area contributed by atoms with E-state index in [1.807, 2.05) is 63.2 Å². The Kier molecular flexibility index (Phi) is 7.49. The van der Waals surface area contributed by atoms with Crippen LogP contribution in [0, 0.1) is 13.8 Å². The molecule has 6 rings (SSSR count). The fourth-order valence-corrected chi connectivity index (χ4v) is 7.02. The van der Waals surface area contributed by atoms with Crippen LogP contribution in [0.1, 0.15) is 67.0 Å².